The SMILES string of the molecule is CC(C)c1c(Cl)[nH]c(=O)n(-c2cc(F)ccc2F)c1=O. The van der Waals surface area contributed by atoms with Crippen LogP contribution in [0.25, 0.3) is 5.69 Å². The average molecular weight is 301 g/mol. The smallest absolute Gasteiger partial charge is 0.297 e. The van der Waals surface area contributed by atoms with Crippen molar-refractivity contribution in [3.05, 3.63) is 61.4 Å². The Morgan fingerprint density at radius 3 is 2.50 bits per heavy atom. The number of hydrogen-bond donors (Lipinski definition) is 1. The monoisotopic (exact) mass is 300 g/mol. The molecule has 0 radical (unpaired) electrons. The Balaban J connectivity index is 2.88. The van der Waals surface area contributed by atoms with E-state index in [1.807, 2.05) is 0 Å². The van der Waals surface area contributed by atoms with Gasteiger partial charge in [-0.1, -0.05) is 25.4 Å². The molecule has 1 heterocycles. The van der Waals surface area contributed by atoms with Crippen LogP contribution in [0, 0.1) is 11.6 Å². The predicted molar refractivity (Wildman–Crippen MR) is 71.7 cm³/mol. The highest BCUT2D eigenvalue weighted by Gasteiger charge is 2.18. The molecule has 4 nitrogen and oxygen atoms in total. The average Bonchev–Trinajstić information content (AvgIpc) is 2.32. The lowest BCUT2D eigenvalue weighted by molar-refractivity contribution is 0.587. The second kappa shape index (κ2) is 5.20. The van der Waals surface area contributed by atoms with E-state index in [-0.39, 0.29) is 16.6 Å². The fourth-order valence-electron chi connectivity index (χ4n) is 1.90. The molecular formula is C13H11ClF2N2O2. The summed E-state index contributed by atoms with van der Waals surface area (Å²) in [6.07, 6.45) is 0. The van der Waals surface area contributed by atoms with E-state index in [2.05, 4.69) is 4.98 Å². The molecule has 2 aromatic rings. The fraction of sp³-hybridized carbons (Fsp3) is 0.231. The van der Waals surface area contributed by atoms with Crippen LogP contribution in [0.15, 0.2) is 27.8 Å². The van der Waals surface area contributed by atoms with Gasteiger partial charge in [0, 0.05) is 6.07 Å². The molecule has 0 bridgehead atoms. The Bertz CT molecular complexity index is 781. The molecule has 0 atom stereocenters. The van der Waals surface area contributed by atoms with Gasteiger partial charge >= 0.3 is 5.69 Å². The topological polar surface area (TPSA) is 54.9 Å². The zero-order chi connectivity index (χ0) is 15.0. The number of nitrogens with zero attached hydrogens (tertiary/aromatic N) is 1. The number of H-pyrrole nitrogens is 1. The molecule has 7 heteroatoms. The van der Waals surface area contributed by atoms with Crippen molar-refractivity contribution in [1.29, 1.82) is 0 Å². The van der Waals surface area contributed by atoms with Crippen molar-refractivity contribution in [2.24, 2.45) is 0 Å². The van der Waals surface area contributed by atoms with Crippen LogP contribution in [-0.4, -0.2) is 9.55 Å². The van der Waals surface area contributed by atoms with Crippen molar-refractivity contribution >= 4 is 11.6 Å². The lowest BCUT2D eigenvalue weighted by Crippen LogP contribution is -2.37. The summed E-state index contributed by atoms with van der Waals surface area (Å²) < 4.78 is 27.5. The van der Waals surface area contributed by atoms with Crippen molar-refractivity contribution in [1.82, 2.24) is 9.55 Å². The van der Waals surface area contributed by atoms with E-state index in [0.29, 0.717) is 4.57 Å². The van der Waals surface area contributed by atoms with Crippen LogP contribution in [-0.2, 0) is 0 Å². The molecule has 0 saturated heterocycles. The van der Waals surface area contributed by atoms with Crippen molar-refractivity contribution in [2.45, 2.75) is 19.8 Å². The molecule has 0 aliphatic heterocycles. The number of nitrogens with one attached hydrogen (secondary N) is 1. The molecule has 106 valence electrons. The minimum atomic E-state index is -0.922. The van der Waals surface area contributed by atoms with Gasteiger partial charge in [0.05, 0.1) is 11.3 Å². The summed E-state index contributed by atoms with van der Waals surface area (Å²) in [6.45, 7) is 3.40. The highest BCUT2D eigenvalue weighted by atomic mass is 35.5. The van der Waals surface area contributed by atoms with Crippen LogP contribution < -0.4 is 11.2 Å². The van der Waals surface area contributed by atoms with E-state index in [1.165, 1.54) is 0 Å². The number of aromatic amines is 1. The number of rotatable bonds is 2. The lowest BCUT2D eigenvalue weighted by Gasteiger charge is -2.11. The molecule has 1 aromatic heterocycles. The van der Waals surface area contributed by atoms with Gasteiger partial charge in [-0.05, 0) is 18.1 Å². The van der Waals surface area contributed by atoms with Crippen molar-refractivity contribution in [3.63, 3.8) is 0 Å². The van der Waals surface area contributed by atoms with E-state index in [1.54, 1.807) is 13.8 Å². The third kappa shape index (κ3) is 2.38. The first-order chi connectivity index (χ1) is 9.32. The van der Waals surface area contributed by atoms with Gasteiger partial charge in [0.15, 0.2) is 0 Å². The number of halogens is 3. The minimum Gasteiger partial charge on any atom is -0.297 e. The van der Waals surface area contributed by atoms with E-state index < -0.39 is 28.6 Å². The summed E-state index contributed by atoms with van der Waals surface area (Å²) in [5.74, 6) is -1.92. The molecule has 0 fully saturated rings. The van der Waals surface area contributed by atoms with Gasteiger partial charge in [0.25, 0.3) is 5.56 Å². The molecule has 0 spiro atoms. The Morgan fingerprint density at radius 1 is 1.25 bits per heavy atom. The van der Waals surface area contributed by atoms with Gasteiger partial charge in [-0.25, -0.2) is 18.1 Å². The highest BCUT2D eigenvalue weighted by Crippen LogP contribution is 2.18. The molecule has 0 saturated carbocycles. The molecule has 0 unspecified atom stereocenters. The Hall–Kier alpha value is -1.95. The molecule has 1 aromatic carbocycles. The second-order valence-corrected chi connectivity index (χ2v) is 4.93. The van der Waals surface area contributed by atoms with Crippen molar-refractivity contribution in [3.8, 4) is 5.69 Å². The van der Waals surface area contributed by atoms with Gasteiger partial charge in [-0.3, -0.25) is 9.78 Å². The van der Waals surface area contributed by atoms with Crippen LogP contribution in [0.1, 0.15) is 25.3 Å². The van der Waals surface area contributed by atoms with E-state index in [4.69, 9.17) is 11.6 Å². The highest BCUT2D eigenvalue weighted by molar-refractivity contribution is 6.30. The summed E-state index contributed by atoms with van der Waals surface area (Å²) in [6, 6.07) is 2.53. The van der Waals surface area contributed by atoms with Crippen LogP contribution in [0.4, 0.5) is 8.78 Å². The van der Waals surface area contributed by atoms with Gasteiger partial charge in [-0.15, -0.1) is 0 Å². The molecule has 1 N–H and O–H groups in total. The largest absolute Gasteiger partial charge is 0.334 e. The van der Waals surface area contributed by atoms with Gasteiger partial charge in [0.1, 0.15) is 16.8 Å². The summed E-state index contributed by atoms with van der Waals surface area (Å²) in [7, 11) is 0. The standard InChI is InChI=1S/C13H11ClF2N2O2/c1-6(2)10-11(14)17-13(20)18(12(10)19)9-5-7(15)3-4-8(9)16/h3-6H,1-2H3,(H,17,20). The summed E-state index contributed by atoms with van der Waals surface area (Å²) in [4.78, 5) is 26.4. The van der Waals surface area contributed by atoms with Crippen LogP contribution in [0.3, 0.4) is 0 Å². The van der Waals surface area contributed by atoms with Gasteiger partial charge in [-0.2, -0.15) is 0 Å². The number of aromatic nitrogens is 2. The summed E-state index contributed by atoms with van der Waals surface area (Å²) in [5.41, 5.74) is -2.00. The maximum atomic E-state index is 13.7. The zero-order valence-corrected chi connectivity index (χ0v) is 11.5. The number of benzene rings is 1. The molecule has 0 aliphatic rings. The lowest BCUT2D eigenvalue weighted by atomic mass is 10.1. The number of hydrogen-bond acceptors (Lipinski definition) is 2. The first kappa shape index (κ1) is 14.5. The van der Waals surface area contributed by atoms with Crippen molar-refractivity contribution < 1.29 is 8.78 Å². The second-order valence-electron chi connectivity index (χ2n) is 4.55. The van der Waals surface area contributed by atoms with E-state index in [0.717, 1.165) is 18.2 Å². The predicted octanol–water partition coefficient (Wildman–Crippen LogP) is 2.58. The van der Waals surface area contributed by atoms with Crippen LogP contribution in [0.2, 0.25) is 5.15 Å². The minimum absolute atomic E-state index is 0.0944. The van der Waals surface area contributed by atoms with E-state index >= 15 is 0 Å². The third-order valence-corrected chi connectivity index (χ3v) is 3.11. The first-order valence-corrected chi connectivity index (χ1v) is 6.21. The van der Waals surface area contributed by atoms with Crippen molar-refractivity contribution in [2.75, 3.05) is 0 Å². The maximum Gasteiger partial charge on any atom is 0.334 e. The summed E-state index contributed by atoms with van der Waals surface area (Å²) in [5, 5.41) is -0.0944. The van der Waals surface area contributed by atoms with E-state index in [9.17, 15) is 18.4 Å². The van der Waals surface area contributed by atoms with Gasteiger partial charge in [0.2, 0.25) is 0 Å². The molecule has 0 amide bonds. The summed E-state index contributed by atoms with van der Waals surface area (Å²) >= 11 is 5.82. The van der Waals surface area contributed by atoms with Gasteiger partial charge < -0.3 is 0 Å². The van der Waals surface area contributed by atoms with Crippen LogP contribution >= 0.6 is 11.6 Å². The maximum absolute atomic E-state index is 13.7. The zero-order valence-electron chi connectivity index (χ0n) is 10.7. The normalized spacial score (nSPS) is 11.1. The first-order valence-electron chi connectivity index (χ1n) is 5.83. The Morgan fingerprint density at radius 2 is 1.90 bits per heavy atom. The van der Waals surface area contributed by atoms with Crippen LogP contribution in [0.5, 0.6) is 0 Å². The molecule has 0 aliphatic carbocycles. The molecule has 20 heavy (non-hydrogen) atoms. The Labute approximate surface area is 117 Å². The Kier molecular flexibility index (Phi) is 3.76. The quantitative estimate of drug-likeness (QED) is 0.867. The molecule has 2 rings (SSSR count). The molecular weight excluding hydrogens is 290 g/mol. The fourth-order valence-corrected chi connectivity index (χ4v) is 2.28. The third-order valence-electron chi connectivity index (χ3n) is 2.82.